The molecule has 1 saturated heterocycles. The summed E-state index contributed by atoms with van der Waals surface area (Å²) in [5.74, 6) is 0.853. The Labute approximate surface area is 240 Å². The van der Waals surface area contributed by atoms with E-state index in [1.165, 1.54) is 19.8 Å². The molecule has 0 aliphatic carbocycles. The van der Waals surface area contributed by atoms with Crippen LogP contribution in [0.3, 0.4) is 0 Å². The van der Waals surface area contributed by atoms with Crippen molar-refractivity contribution in [1.82, 2.24) is 30.6 Å². The summed E-state index contributed by atoms with van der Waals surface area (Å²) in [4.78, 5) is 40.4. The molecular formula is C29H38N10O2. The Balaban J connectivity index is 1.24. The van der Waals surface area contributed by atoms with E-state index in [2.05, 4.69) is 60.4 Å². The SMILES string of the molecule is CC(=O)Nc1cccc(Nc2ncc3c(n2)N(C)NC3Nc2cc(C(=O)NCCN3CCCC3(C)C)cnc2C)c1. The zero-order valence-corrected chi connectivity index (χ0v) is 24.2. The molecule has 4 heterocycles. The first-order valence-electron chi connectivity index (χ1n) is 13.9. The van der Waals surface area contributed by atoms with Crippen LogP contribution >= 0.6 is 0 Å². The topological polar surface area (TPSA) is 139 Å². The molecule has 1 unspecified atom stereocenters. The van der Waals surface area contributed by atoms with Gasteiger partial charge >= 0.3 is 0 Å². The highest BCUT2D eigenvalue weighted by Crippen LogP contribution is 2.32. The zero-order valence-electron chi connectivity index (χ0n) is 24.2. The number of amides is 2. The Morgan fingerprint density at radius 3 is 2.71 bits per heavy atom. The predicted molar refractivity (Wildman–Crippen MR) is 160 cm³/mol. The molecule has 1 fully saturated rings. The fraction of sp³-hybridized carbons (Fsp3) is 0.414. The van der Waals surface area contributed by atoms with E-state index in [1.807, 2.05) is 49.3 Å². The Morgan fingerprint density at radius 1 is 1.15 bits per heavy atom. The summed E-state index contributed by atoms with van der Waals surface area (Å²) in [6.45, 7) is 10.4. The summed E-state index contributed by atoms with van der Waals surface area (Å²) in [6.07, 6.45) is 5.43. The lowest BCUT2D eigenvalue weighted by Gasteiger charge is -2.31. The Kier molecular flexibility index (Phi) is 8.04. The Hall–Kier alpha value is -4.29. The summed E-state index contributed by atoms with van der Waals surface area (Å²) < 4.78 is 0. The maximum absolute atomic E-state index is 12.9. The molecule has 2 aliphatic rings. The quantitative estimate of drug-likeness (QED) is 0.265. The number of hydrogen-bond donors (Lipinski definition) is 5. The number of nitrogens with zero attached hydrogens (tertiary/aromatic N) is 5. The lowest BCUT2D eigenvalue weighted by molar-refractivity contribution is -0.114. The van der Waals surface area contributed by atoms with E-state index < -0.39 is 0 Å². The standard InChI is InChI=1S/C29H38N10O2/c1-18-24(14-20(16-31-18)27(41)30-11-13-39-12-7-10-29(39,3)4)35-25-23-17-32-28(36-26(23)38(5)37-25)34-22-9-6-8-21(15-22)33-19(2)40/h6,8-9,14-17,25,35,37H,7,10-13H2,1-5H3,(H,30,41)(H,33,40)(H,32,34,36). The third-order valence-electron chi connectivity index (χ3n) is 7.58. The van der Waals surface area contributed by atoms with Crippen molar-refractivity contribution in [1.29, 1.82) is 0 Å². The van der Waals surface area contributed by atoms with Crippen LogP contribution in [0.15, 0.2) is 42.7 Å². The number of rotatable bonds is 9. The number of benzene rings is 1. The molecular weight excluding hydrogens is 520 g/mol. The van der Waals surface area contributed by atoms with Crippen molar-refractivity contribution in [2.75, 3.05) is 47.6 Å². The van der Waals surface area contributed by atoms with Gasteiger partial charge in [0.05, 0.1) is 22.5 Å². The minimum Gasteiger partial charge on any atom is -0.363 e. The summed E-state index contributed by atoms with van der Waals surface area (Å²) in [6, 6.07) is 9.18. The van der Waals surface area contributed by atoms with Gasteiger partial charge in [-0.15, -0.1) is 0 Å². The van der Waals surface area contributed by atoms with Crippen molar-refractivity contribution >= 4 is 40.6 Å². The second kappa shape index (κ2) is 11.7. The van der Waals surface area contributed by atoms with Crippen molar-refractivity contribution in [3.8, 4) is 0 Å². The van der Waals surface area contributed by atoms with E-state index >= 15 is 0 Å². The average Bonchev–Trinajstić information content (AvgIpc) is 3.42. The van der Waals surface area contributed by atoms with Crippen LogP contribution in [0.2, 0.25) is 0 Å². The number of hydrazine groups is 1. The summed E-state index contributed by atoms with van der Waals surface area (Å²) >= 11 is 0. The summed E-state index contributed by atoms with van der Waals surface area (Å²) in [5.41, 5.74) is 7.84. The summed E-state index contributed by atoms with van der Waals surface area (Å²) in [5, 5.41) is 14.3. The van der Waals surface area contributed by atoms with Crippen molar-refractivity contribution in [3.05, 3.63) is 59.5 Å². The minimum absolute atomic E-state index is 0.139. The first-order valence-corrected chi connectivity index (χ1v) is 13.9. The molecule has 0 spiro atoms. The number of anilines is 5. The van der Waals surface area contributed by atoms with Crippen LogP contribution in [0, 0.1) is 6.92 Å². The molecule has 41 heavy (non-hydrogen) atoms. The van der Waals surface area contributed by atoms with Crippen LogP contribution in [0.25, 0.3) is 0 Å². The normalized spacial score (nSPS) is 17.7. The number of carbonyl (C=O) groups is 2. The maximum Gasteiger partial charge on any atom is 0.252 e. The second-order valence-corrected chi connectivity index (χ2v) is 11.1. The molecule has 5 rings (SSSR count). The van der Waals surface area contributed by atoms with Crippen LogP contribution in [0.1, 0.15) is 61.4 Å². The van der Waals surface area contributed by atoms with Gasteiger partial charge < -0.3 is 21.3 Å². The molecule has 1 aromatic carbocycles. The molecule has 0 bridgehead atoms. The number of nitrogens with one attached hydrogen (secondary N) is 5. The molecule has 2 aromatic heterocycles. The zero-order chi connectivity index (χ0) is 29.1. The first kappa shape index (κ1) is 28.2. The van der Waals surface area contributed by atoms with Gasteiger partial charge in [-0.25, -0.2) is 10.4 Å². The second-order valence-electron chi connectivity index (χ2n) is 11.1. The van der Waals surface area contributed by atoms with E-state index in [1.54, 1.807) is 12.4 Å². The number of hydrogen-bond acceptors (Lipinski definition) is 10. The third kappa shape index (κ3) is 6.55. The van der Waals surface area contributed by atoms with Crippen molar-refractivity contribution in [3.63, 3.8) is 0 Å². The van der Waals surface area contributed by atoms with Gasteiger partial charge in [0.1, 0.15) is 6.17 Å². The highest BCUT2D eigenvalue weighted by molar-refractivity contribution is 5.95. The number of pyridine rings is 1. The number of fused-ring (bicyclic) bond motifs is 1. The van der Waals surface area contributed by atoms with Gasteiger partial charge in [0, 0.05) is 56.4 Å². The fourth-order valence-corrected chi connectivity index (χ4v) is 5.30. The van der Waals surface area contributed by atoms with E-state index in [-0.39, 0.29) is 23.5 Å². The van der Waals surface area contributed by atoms with E-state index in [0.29, 0.717) is 29.6 Å². The molecule has 0 saturated carbocycles. The van der Waals surface area contributed by atoms with Crippen molar-refractivity contribution < 1.29 is 9.59 Å². The van der Waals surface area contributed by atoms with Crippen LogP contribution < -0.4 is 31.7 Å². The molecule has 12 heteroatoms. The highest BCUT2D eigenvalue weighted by atomic mass is 16.2. The number of likely N-dealkylation sites (tertiary alicyclic amines) is 1. The third-order valence-corrected chi connectivity index (χ3v) is 7.58. The smallest absolute Gasteiger partial charge is 0.252 e. The van der Waals surface area contributed by atoms with Gasteiger partial charge in [0.25, 0.3) is 5.91 Å². The van der Waals surface area contributed by atoms with Crippen LogP contribution in [0.5, 0.6) is 0 Å². The molecule has 12 nitrogen and oxygen atoms in total. The molecule has 1 atom stereocenters. The first-order chi connectivity index (χ1) is 19.6. The summed E-state index contributed by atoms with van der Waals surface area (Å²) in [7, 11) is 1.88. The Bertz CT molecular complexity index is 1440. The minimum atomic E-state index is -0.316. The van der Waals surface area contributed by atoms with Crippen LogP contribution in [-0.2, 0) is 4.79 Å². The molecule has 2 aliphatic heterocycles. The van der Waals surface area contributed by atoms with Gasteiger partial charge in [-0.05, 0) is 64.4 Å². The van der Waals surface area contributed by atoms with Crippen molar-refractivity contribution in [2.45, 2.75) is 52.2 Å². The van der Waals surface area contributed by atoms with Gasteiger partial charge in [-0.1, -0.05) is 6.07 Å². The molecule has 216 valence electrons. The van der Waals surface area contributed by atoms with Gasteiger partial charge in [0.15, 0.2) is 5.82 Å². The molecule has 2 amide bonds. The molecule has 0 radical (unpaired) electrons. The number of aromatic nitrogens is 3. The van der Waals surface area contributed by atoms with E-state index in [4.69, 9.17) is 0 Å². The van der Waals surface area contributed by atoms with E-state index in [9.17, 15) is 9.59 Å². The van der Waals surface area contributed by atoms with Gasteiger partial charge in [-0.3, -0.25) is 24.5 Å². The van der Waals surface area contributed by atoms with Gasteiger partial charge in [-0.2, -0.15) is 4.98 Å². The lowest BCUT2D eigenvalue weighted by atomic mass is 10.0. The van der Waals surface area contributed by atoms with Crippen LogP contribution in [0.4, 0.5) is 28.8 Å². The number of aryl methyl sites for hydroxylation is 1. The monoisotopic (exact) mass is 558 g/mol. The number of carbonyl (C=O) groups excluding carboxylic acids is 2. The maximum atomic E-state index is 12.9. The average molecular weight is 559 g/mol. The van der Waals surface area contributed by atoms with E-state index in [0.717, 1.165) is 35.7 Å². The van der Waals surface area contributed by atoms with Gasteiger partial charge in [0.2, 0.25) is 11.9 Å². The van der Waals surface area contributed by atoms with Crippen molar-refractivity contribution in [2.24, 2.45) is 0 Å². The Morgan fingerprint density at radius 2 is 1.95 bits per heavy atom. The fourth-order valence-electron chi connectivity index (χ4n) is 5.30. The predicted octanol–water partition coefficient (Wildman–Crippen LogP) is 3.55. The largest absolute Gasteiger partial charge is 0.363 e. The molecule has 3 aromatic rings. The van der Waals surface area contributed by atoms with Crippen LogP contribution in [-0.4, -0.2) is 63.9 Å². The molecule has 5 N–H and O–H groups in total. The lowest BCUT2D eigenvalue weighted by Crippen LogP contribution is -2.43. The highest BCUT2D eigenvalue weighted by Gasteiger charge is 2.31.